The van der Waals surface area contributed by atoms with Gasteiger partial charge in [0.15, 0.2) is 6.61 Å². The molecule has 9 heteroatoms. The molecule has 1 amide bonds. The lowest BCUT2D eigenvalue weighted by Gasteiger charge is -2.11. The number of ether oxygens (including phenoxy) is 2. The lowest BCUT2D eigenvalue weighted by atomic mass is 10.3. The van der Waals surface area contributed by atoms with Crippen LogP contribution >= 0.6 is 15.9 Å². The van der Waals surface area contributed by atoms with Gasteiger partial charge in [-0.2, -0.15) is 0 Å². The predicted molar refractivity (Wildman–Crippen MR) is 123 cm³/mol. The molecule has 2 N–H and O–H groups in total. The van der Waals surface area contributed by atoms with Gasteiger partial charge in [0.2, 0.25) is 0 Å². The van der Waals surface area contributed by atoms with Crippen LogP contribution in [0.3, 0.4) is 0 Å². The van der Waals surface area contributed by atoms with Crippen molar-refractivity contribution in [2.24, 2.45) is 0 Å². The molecular weight excluding hydrogens is 484 g/mol. The zero-order valence-electron chi connectivity index (χ0n) is 16.7. The molecule has 0 fully saturated rings. The molecular formula is C22H21BrN2O5S. The van der Waals surface area contributed by atoms with E-state index in [1.54, 1.807) is 36.4 Å². The predicted octanol–water partition coefficient (Wildman–Crippen LogP) is 4.67. The second-order valence-electron chi connectivity index (χ2n) is 6.38. The molecule has 162 valence electrons. The van der Waals surface area contributed by atoms with Crippen molar-refractivity contribution in [1.29, 1.82) is 0 Å². The van der Waals surface area contributed by atoms with Gasteiger partial charge < -0.3 is 14.8 Å². The van der Waals surface area contributed by atoms with Crippen LogP contribution in [0.5, 0.6) is 11.5 Å². The van der Waals surface area contributed by atoms with E-state index in [0.29, 0.717) is 29.5 Å². The summed E-state index contributed by atoms with van der Waals surface area (Å²) in [7, 11) is -3.76. The van der Waals surface area contributed by atoms with E-state index in [1.165, 1.54) is 24.3 Å². The Kier molecular flexibility index (Phi) is 7.54. The summed E-state index contributed by atoms with van der Waals surface area (Å²) in [6.07, 6.45) is 0. The average molecular weight is 505 g/mol. The summed E-state index contributed by atoms with van der Waals surface area (Å²) in [6.45, 7) is 2.21. The van der Waals surface area contributed by atoms with Crippen LogP contribution in [0.2, 0.25) is 0 Å². The molecule has 31 heavy (non-hydrogen) atoms. The molecule has 0 unspecified atom stereocenters. The van der Waals surface area contributed by atoms with Gasteiger partial charge in [-0.1, -0.05) is 15.9 Å². The van der Waals surface area contributed by atoms with Crippen molar-refractivity contribution < 1.29 is 22.7 Å². The van der Waals surface area contributed by atoms with Gasteiger partial charge in [-0.15, -0.1) is 0 Å². The van der Waals surface area contributed by atoms with E-state index in [0.717, 1.165) is 4.47 Å². The summed E-state index contributed by atoms with van der Waals surface area (Å²) in [5.41, 5.74) is 1.08. The highest BCUT2D eigenvalue weighted by Gasteiger charge is 2.14. The van der Waals surface area contributed by atoms with Gasteiger partial charge in [-0.3, -0.25) is 9.52 Å². The van der Waals surface area contributed by atoms with Gasteiger partial charge in [0.05, 0.1) is 11.5 Å². The fraction of sp³-hybridized carbons (Fsp3) is 0.136. The number of carbonyl (C=O) groups is 1. The molecule has 0 saturated carbocycles. The first-order chi connectivity index (χ1) is 14.9. The van der Waals surface area contributed by atoms with Crippen molar-refractivity contribution in [2.75, 3.05) is 23.3 Å². The molecule has 3 aromatic carbocycles. The normalized spacial score (nSPS) is 10.9. The monoisotopic (exact) mass is 504 g/mol. The van der Waals surface area contributed by atoms with Crippen LogP contribution in [-0.4, -0.2) is 27.5 Å². The van der Waals surface area contributed by atoms with Crippen molar-refractivity contribution in [3.63, 3.8) is 0 Å². The van der Waals surface area contributed by atoms with Crippen molar-refractivity contribution in [3.05, 3.63) is 77.3 Å². The highest BCUT2D eigenvalue weighted by atomic mass is 79.9. The number of nitrogens with one attached hydrogen (secondary N) is 2. The quantitative estimate of drug-likeness (QED) is 0.441. The second kappa shape index (κ2) is 10.3. The third-order valence-corrected chi connectivity index (χ3v) is 5.98. The maximum atomic E-state index is 12.6. The lowest BCUT2D eigenvalue weighted by molar-refractivity contribution is -0.118. The molecule has 0 spiro atoms. The largest absolute Gasteiger partial charge is 0.494 e. The van der Waals surface area contributed by atoms with Crippen LogP contribution in [0.1, 0.15) is 6.92 Å². The summed E-state index contributed by atoms with van der Waals surface area (Å²) in [4.78, 5) is 12.1. The van der Waals surface area contributed by atoms with E-state index < -0.39 is 10.0 Å². The molecule has 0 aromatic heterocycles. The van der Waals surface area contributed by atoms with Crippen LogP contribution in [0.4, 0.5) is 11.4 Å². The Morgan fingerprint density at radius 2 is 1.39 bits per heavy atom. The molecule has 7 nitrogen and oxygen atoms in total. The first-order valence-corrected chi connectivity index (χ1v) is 11.7. The first-order valence-electron chi connectivity index (χ1n) is 9.40. The summed E-state index contributed by atoms with van der Waals surface area (Å²) in [6, 6.07) is 19.6. The molecule has 0 atom stereocenters. The molecule has 0 aliphatic carbocycles. The minimum atomic E-state index is -3.76. The number of hydrogen-bond donors (Lipinski definition) is 2. The van der Waals surface area contributed by atoms with Crippen LogP contribution in [0.25, 0.3) is 0 Å². The Bertz CT molecular complexity index is 1120. The molecule has 0 aliphatic rings. The van der Waals surface area contributed by atoms with E-state index in [1.807, 2.05) is 19.1 Å². The lowest BCUT2D eigenvalue weighted by Crippen LogP contribution is -2.20. The van der Waals surface area contributed by atoms with Crippen LogP contribution in [0.15, 0.2) is 82.2 Å². The van der Waals surface area contributed by atoms with Gasteiger partial charge in [0.1, 0.15) is 11.5 Å². The Labute approximate surface area is 189 Å². The van der Waals surface area contributed by atoms with E-state index in [9.17, 15) is 13.2 Å². The first kappa shape index (κ1) is 22.6. The molecule has 3 rings (SSSR count). The van der Waals surface area contributed by atoms with Crippen LogP contribution < -0.4 is 19.5 Å². The van der Waals surface area contributed by atoms with Crippen molar-refractivity contribution >= 4 is 43.2 Å². The van der Waals surface area contributed by atoms with Gasteiger partial charge in [0, 0.05) is 15.8 Å². The maximum Gasteiger partial charge on any atom is 0.262 e. The molecule has 0 saturated heterocycles. The van der Waals surface area contributed by atoms with Crippen molar-refractivity contribution in [2.45, 2.75) is 11.8 Å². The van der Waals surface area contributed by atoms with Crippen molar-refractivity contribution in [1.82, 2.24) is 0 Å². The van der Waals surface area contributed by atoms with Gasteiger partial charge in [-0.05, 0) is 79.7 Å². The van der Waals surface area contributed by atoms with Gasteiger partial charge in [-0.25, -0.2) is 8.42 Å². The zero-order chi connectivity index (χ0) is 22.3. The molecule has 0 heterocycles. The maximum absolute atomic E-state index is 12.6. The highest BCUT2D eigenvalue weighted by Crippen LogP contribution is 2.21. The topological polar surface area (TPSA) is 93.7 Å². The minimum Gasteiger partial charge on any atom is -0.494 e. The number of amides is 1. The van der Waals surface area contributed by atoms with E-state index in [-0.39, 0.29) is 17.4 Å². The van der Waals surface area contributed by atoms with E-state index >= 15 is 0 Å². The van der Waals surface area contributed by atoms with Crippen LogP contribution in [0, 0.1) is 0 Å². The molecule has 0 bridgehead atoms. The third-order valence-electron chi connectivity index (χ3n) is 4.05. The fourth-order valence-corrected chi connectivity index (χ4v) is 3.92. The smallest absolute Gasteiger partial charge is 0.262 e. The SMILES string of the molecule is CCOc1ccc(NS(=O)(=O)c2ccc(OCC(=O)Nc3ccc(Br)cc3)cc2)cc1. The number of halogens is 1. The standard InChI is InChI=1S/C22H21BrN2O5S/c1-2-29-19-9-7-18(8-10-19)25-31(27,28)21-13-11-20(12-14-21)30-15-22(26)24-17-5-3-16(23)4-6-17/h3-14,25H,2,15H2,1H3,(H,24,26). The second-order valence-corrected chi connectivity index (χ2v) is 8.98. The zero-order valence-corrected chi connectivity index (χ0v) is 19.1. The van der Waals surface area contributed by atoms with E-state index in [2.05, 4.69) is 26.0 Å². The summed E-state index contributed by atoms with van der Waals surface area (Å²) in [5, 5.41) is 2.71. The minimum absolute atomic E-state index is 0.0769. The Balaban J connectivity index is 1.55. The Hall–Kier alpha value is -3.04. The van der Waals surface area contributed by atoms with Crippen molar-refractivity contribution in [3.8, 4) is 11.5 Å². The van der Waals surface area contributed by atoms with Gasteiger partial charge in [0.25, 0.3) is 15.9 Å². The Morgan fingerprint density at radius 1 is 0.839 bits per heavy atom. The molecule has 0 radical (unpaired) electrons. The highest BCUT2D eigenvalue weighted by molar-refractivity contribution is 9.10. The Morgan fingerprint density at radius 3 is 2.00 bits per heavy atom. The summed E-state index contributed by atoms with van der Waals surface area (Å²) in [5.74, 6) is 0.721. The third kappa shape index (κ3) is 6.73. The summed E-state index contributed by atoms with van der Waals surface area (Å²) >= 11 is 3.33. The molecule has 0 aliphatic heterocycles. The number of anilines is 2. The number of rotatable bonds is 9. The molecule has 3 aromatic rings. The number of carbonyl (C=O) groups excluding carboxylic acids is 1. The fourth-order valence-electron chi connectivity index (χ4n) is 2.59. The number of sulfonamides is 1. The van der Waals surface area contributed by atoms with Crippen LogP contribution in [-0.2, 0) is 14.8 Å². The summed E-state index contributed by atoms with van der Waals surface area (Å²) < 4.78 is 39.3. The average Bonchev–Trinajstić information content (AvgIpc) is 2.76. The van der Waals surface area contributed by atoms with E-state index in [4.69, 9.17) is 9.47 Å². The number of benzene rings is 3. The number of hydrogen-bond acceptors (Lipinski definition) is 5. The van der Waals surface area contributed by atoms with Gasteiger partial charge >= 0.3 is 0 Å².